The molecule has 0 spiro atoms. The lowest BCUT2D eigenvalue weighted by atomic mass is 10.0. The number of hydrogen-bond acceptors (Lipinski definition) is 2. The molecule has 0 unspecified atom stereocenters. The molecule has 1 aromatic carbocycles. The number of anilines is 2. The second-order valence-electron chi connectivity index (χ2n) is 3.85. The number of fused-ring (bicyclic) bond motifs is 1. The van der Waals surface area contributed by atoms with Crippen molar-refractivity contribution >= 4 is 11.4 Å². The molecule has 1 aromatic rings. The van der Waals surface area contributed by atoms with E-state index >= 15 is 0 Å². The van der Waals surface area contributed by atoms with Crippen molar-refractivity contribution in [3.05, 3.63) is 23.8 Å². The minimum absolute atomic E-state index is 1.07. The first-order valence-electron chi connectivity index (χ1n) is 5.40. The second-order valence-corrected chi connectivity index (χ2v) is 3.85. The van der Waals surface area contributed by atoms with E-state index in [1.807, 2.05) is 0 Å². The molecule has 1 aliphatic heterocycles. The summed E-state index contributed by atoms with van der Waals surface area (Å²) in [5, 5.41) is 3.46. The van der Waals surface area contributed by atoms with E-state index in [9.17, 15) is 0 Å². The van der Waals surface area contributed by atoms with E-state index in [0.29, 0.717) is 0 Å². The minimum Gasteiger partial charge on any atom is -0.385 e. The molecular weight excluding hydrogens is 172 g/mol. The molecule has 1 aliphatic rings. The van der Waals surface area contributed by atoms with Crippen molar-refractivity contribution < 1.29 is 0 Å². The zero-order valence-corrected chi connectivity index (χ0v) is 9.01. The van der Waals surface area contributed by atoms with E-state index in [-0.39, 0.29) is 0 Å². The van der Waals surface area contributed by atoms with Crippen molar-refractivity contribution in [1.82, 2.24) is 0 Å². The van der Waals surface area contributed by atoms with Crippen LogP contribution in [0.3, 0.4) is 0 Å². The van der Waals surface area contributed by atoms with Gasteiger partial charge in [0.05, 0.1) is 0 Å². The second kappa shape index (κ2) is 3.91. The Bertz CT molecular complexity index is 320. The van der Waals surface area contributed by atoms with Gasteiger partial charge in [-0.15, -0.1) is 0 Å². The lowest BCUT2D eigenvalue weighted by molar-refractivity contribution is 0.820. The van der Waals surface area contributed by atoms with Gasteiger partial charge in [0.2, 0.25) is 0 Å². The highest BCUT2D eigenvalue weighted by Crippen LogP contribution is 2.30. The van der Waals surface area contributed by atoms with Crippen LogP contribution in [0.4, 0.5) is 11.4 Å². The average Bonchev–Trinajstić information content (AvgIpc) is 2.27. The molecule has 0 saturated carbocycles. The monoisotopic (exact) mass is 190 g/mol. The molecule has 0 bridgehead atoms. The minimum atomic E-state index is 1.07. The van der Waals surface area contributed by atoms with Crippen LogP contribution in [0.15, 0.2) is 18.2 Å². The summed E-state index contributed by atoms with van der Waals surface area (Å²) in [5.74, 6) is 0. The molecule has 2 heteroatoms. The van der Waals surface area contributed by atoms with Crippen LogP contribution in [0.2, 0.25) is 0 Å². The summed E-state index contributed by atoms with van der Waals surface area (Å²) in [6.07, 6.45) is 2.46. The molecule has 14 heavy (non-hydrogen) atoms. The highest BCUT2D eigenvalue weighted by atomic mass is 15.1. The predicted octanol–water partition coefficient (Wildman–Crippen LogP) is 2.50. The quantitative estimate of drug-likeness (QED) is 0.770. The number of nitrogens with one attached hydrogen (secondary N) is 1. The predicted molar refractivity (Wildman–Crippen MR) is 62.2 cm³/mol. The highest BCUT2D eigenvalue weighted by molar-refractivity contribution is 5.67. The maximum Gasteiger partial charge on any atom is 0.0416 e. The first-order chi connectivity index (χ1) is 6.83. The molecular formula is C12H18N2. The van der Waals surface area contributed by atoms with Gasteiger partial charge in [0.15, 0.2) is 0 Å². The third-order valence-corrected chi connectivity index (χ3v) is 2.96. The summed E-state index contributed by atoms with van der Waals surface area (Å²) >= 11 is 0. The molecule has 2 rings (SSSR count). The van der Waals surface area contributed by atoms with Crippen molar-refractivity contribution in [3.8, 4) is 0 Å². The summed E-state index contributed by atoms with van der Waals surface area (Å²) in [4.78, 5) is 2.31. The van der Waals surface area contributed by atoms with Crippen molar-refractivity contribution in [3.63, 3.8) is 0 Å². The highest BCUT2D eigenvalue weighted by Gasteiger charge is 2.13. The van der Waals surface area contributed by atoms with Crippen LogP contribution < -0.4 is 10.2 Å². The lowest BCUT2D eigenvalue weighted by Crippen LogP contribution is -2.20. The zero-order chi connectivity index (χ0) is 9.97. The first kappa shape index (κ1) is 9.38. The van der Waals surface area contributed by atoms with E-state index in [0.717, 1.165) is 13.1 Å². The fraction of sp³-hybridized carbons (Fsp3) is 0.500. The molecule has 0 fully saturated rings. The molecule has 1 heterocycles. The third kappa shape index (κ3) is 1.57. The summed E-state index contributed by atoms with van der Waals surface area (Å²) < 4.78 is 0. The largest absolute Gasteiger partial charge is 0.385 e. The van der Waals surface area contributed by atoms with Gasteiger partial charge < -0.3 is 10.2 Å². The Kier molecular flexibility index (Phi) is 2.62. The molecule has 0 atom stereocenters. The smallest absolute Gasteiger partial charge is 0.0416 e. The van der Waals surface area contributed by atoms with Crippen molar-refractivity contribution in [2.75, 3.05) is 30.4 Å². The summed E-state index contributed by atoms with van der Waals surface area (Å²) in [7, 11) is 2.16. The van der Waals surface area contributed by atoms with E-state index in [4.69, 9.17) is 0 Å². The van der Waals surface area contributed by atoms with Crippen LogP contribution in [-0.2, 0) is 6.42 Å². The fourth-order valence-corrected chi connectivity index (χ4v) is 2.02. The van der Waals surface area contributed by atoms with Gasteiger partial charge in [-0.3, -0.25) is 0 Å². The summed E-state index contributed by atoms with van der Waals surface area (Å²) in [5.41, 5.74) is 4.20. The van der Waals surface area contributed by atoms with Gasteiger partial charge in [0.1, 0.15) is 0 Å². The standard InChI is InChI=1S/C12H18N2/c1-3-14(2)12-8-4-7-11-10(12)6-5-9-13-11/h4,7-8,13H,3,5-6,9H2,1-2H3. The SMILES string of the molecule is CCN(C)c1cccc2c1CCCN2. The van der Waals surface area contributed by atoms with Crippen LogP contribution in [0.25, 0.3) is 0 Å². The third-order valence-electron chi connectivity index (χ3n) is 2.96. The topological polar surface area (TPSA) is 15.3 Å². The molecule has 2 nitrogen and oxygen atoms in total. The number of rotatable bonds is 2. The Hall–Kier alpha value is -1.18. The van der Waals surface area contributed by atoms with Gasteiger partial charge in [-0.2, -0.15) is 0 Å². The first-order valence-corrected chi connectivity index (χ1v) is 5.40. The average molecular weight is 190 g/mol. The maximum atomic E-state index is 3.46. The van der Waals surface area contributed by atoms with Crippen LogP contribution in [0, 0.1) is 0 Å². The molecule has 0 radical (unpaired) electrons. The Morgan fingerprint density at radius 3 is 3.07 bits per heavy atom. The van der Waals surface area contributed by atoms with E-state index in [1.165, 1.54) is 29.8 Å². The maximum absolute atomic E-state index is 3.46. The molecule has 76 valence electrons. The lowest BCUT2D eigenvalue weighted by Gasteiger charge is -2.26. The summed E-state index contributed by atoms with van der Waals surface area (Å²) in [6.45, 7) is 4.37. The molecule has 1 N–H and O–H groups in total. The van der Waals surface area contributed by atoms with Crippen LogP contribution in [-0.4, -0.2) is 20.1 Å². The Morgan fingerprint density at radius 1 is 1.43 bits per heavy atom. The number of hydrogen-bond donors (Lipinski definition) is 1. The fourth-order valence-electron chi connectivity index (χ4n) is 2.02. The normalized spacial score (nSPS) is 14.4. The Balaban J connectivity index is 2.39. The zero-order valence-electron chi connectivity index (χ0n) is 9.01. The van der Waals surface area contributed by atoms with Gasteiger partial charge >= 0.3 is 0 Å². The molecule has 0 amide bonds. The summed E-state index contributed by atoms with van der Waals surface area (Å²) in [6, 6.07) is 6.54. The molecule has 0 aliphatic carbocycles. The number of benzene rings is 1. The number of nitrogens with zero attached hydrogens (tertiary/aromatic N) is 1. The van der Waals surface area contributed by atoms with Crippen LogP contribution in [0.1, 0.15) is 18.9 Å². The van der Waals surface area contributed by atoms with Gasteiger partial charge in [0, 0.05) is 31.5 Å². The van der Waals surface area contributed by atoms with Crippen molar-refractivity contribution in [2.45, 2.75) is 19.8 Å². The van der Waals surface area contributed by atoms with Crippen molar-refractivity contribution in [2.24, 2.45) is 0 Å². The van der Waals surface area contributed by atoms with E-state index in [2.05, 4.69) is 42.4 Å². The molecule has 0 aromatic heterocycles. The van der Waals surface area contributed by atoms with Crippen molar-refractivity contribution in [1.29, 1.82) is 0 Å². The molecule has 0 saturated heterocycles. The van der Waals surface area contributed by atoms with E-state index in [1.54, 1.807) is 0 Å². The van der Waals surface area contributed by atoms with Crippen LogP contribution in [0.5, 0.6) is 0 Å². The van der Waals surface area contributed by atoms with Crippen LogP contribution >= 0.6 is 0 Å². The van der Waals surface area contributed by atoms with Gasteiger partial charge in [-0.1, -0.05) is 6.07 Å². The van der Waals surface area contributed by atoms with Gasteiger partial charge in [0.25, 0.3) is 0 Å². The van der Waals surface area contributed by atoms with Gasteiger partial charge in [-0.05, 0) is 37.5 Å². The Morgan fingerprint density at radius 2 is 2.29 bits per heavy atom. The van der Waals surface area contributed by atoms with Gasteiger partial charge in [-0.25, -0.2) is 0 Å². The van der Waals surface area contributed by atoms with E-state index < -0.39 is 0 Å². The Labute approximate surface area is 85.9 Å².